The summed E-state index contributed by atoms with van der Waals surface area (Å²) in [5.74, 6) is -1.73. The molecule has 1 aliphatic rings. The van der Waals surface area contributed by atoms with Gasteiger partial charge in [0, 0.05) is 12.8 Å². The third-order valence-corrected chi connectivity index (χ3v) is 3.06. The van der Waals surface area contributed by atoms with Crippen molar-refractivity contribution in [3.8, 4) is 0 Å². The van der Waals surface area contributed by atoms with Gasteiger partial charge in [0.2, 0.25) is 5.91 Å². The van der Waals surface area contributed by atoms with Crippen molar-refractivity contribution in [3.63, 3.8) is 0 Å². The smallest absolute Gasteiger partial charge is 0.326 e. The van der Waals surface area contributed by atoms with Crippen LogP contribution in [-0.4, -0.2) is 36.1 Å². The second-order valence-corrected chi connectivity index (χ2v) is 4.54. The van der Waals surface area contributed by atoms with E-state index in [-0.39, 0.29) is 24.7 Å². The standard InChI is InChI=1S/C13H19NO5/c1-19-12(16)7-6-10(13(17)18)14-11(15)8-9-4-2-3-5-9/h2,4,9-10H,3,5-8H2,1H3,(H,14,15)(H,17,18)/t9?,10-/m1/s1. The number of nitrogens with one attached hydrogen (secondary N) is 1. The highest BCUT2D eigenvalue weighted by molar-refractivity contribution is 5.84. The predicted octanol–water partition coefficient (Wildman–Crippen LogP) is 0.865. The number of carboxylic acids is 1. The molecule has 2 N–H and O–H groups in total. The van der Waals surface area contributed by atoms with Crippen LogP contribution in [0.1, 0.15) is 32.1 Å². The van der Waals surface area contributed by atoms with Crippen molar-refractivity contribution in [1.29, 1.82) is 0 Å². The van der Waals surface area contributed by atoms with Gasteiger partial charge in [-0.1, -0.05) is 12.2 Å². The Morgan fingerprint density at radius 1 is 1.47 bits per heavy atom. The van der Waals surface area contributed by atoms with Gasteiger partial charge in [-0.15, -0.1) is 0 Å². The Balaban J connectivity index is 2.39. The first kappa shape index (κ1) is 15.2. The first-order valence-corrected chi connectivity index (χ1v) is 6.28. The van der Waals surface area contributed by atoms with Crippen molar-refractivity contribution in [2.75, 3.05) is 7.11 Å². The number of hydrogen-bond donors (Lipinski definition) is 2. The Bertz CT molecular complexity index is 377. The van der Waals surface area contributed by atoms with Crippen LogP contribution in [0.4, 0.5) is 0 Å². The fourth-order valence-corrected chi connectivity index (χ4v) is 1.98. The van der Waals surface area contributed by atoms with E-state index in [0.717, 1.165) is 12.8 Å². The molecule has 0 heterocycles. The Morgan fingerprint density at radius 2 is 2.21 bits per heavy atom. The van der Waals surface area contributed by atoms with E-state index >= 15 is 0 Å². The number of hydrogen-bond acceptors (Lipinski definition) is 4. The van der Waals surface area contributed by atoms with Gasteiger partial charge in [0.15, 0.2) is 0 Å². The molecular formula is C13H19NO5. The summed E-state index contributed by atoms with van der Waals surface area (Å²) in [6, 6.07) is -1.04. The molecule has 6 heteroatoms. The van der Waals surface area contributed by atoms with E-state index in [1.807, 2.05) is 12.2 Å². The van der Waals surface area contributed by atoms with Gasteiger partial charge in [-0.2, -0.15) is 0 Å². The summed E-state index contributed by atoms with van der Waals surface area (Å²) in [6.07, 6.45) is 6.17. The molecule has 0 aliphatic heterocycles. The van der Waals surface area contributed by atoms with Gasteiger partial charge < -0.3 is 15.2 Å². The van der Waals surface area contributed by atoms with E-state index < -0.39 is 18.0 Å². The summed E-state index contributed by atoms with van der Waals surface area (Å²) >= 11 is 0. The molecule has 1 unspecified atom stereocenters. The normalized spacial score (nSPS) is 18.9. The molecule has 0 saturated carbocycles. The third kappa shape index (κ3) is 5.54. The largest absolute Gasteiger partial charge is 0.480 e. The Morgan fingerprint density at radius 3 is 2.74 bits per heavy atom. The Labute approximate surface area is 111 Å². The molecule has 0 radical (unpaired) electrons. The van der Waals surface area contributed by atoms with Gasteiger partial charge >= 0.3 is 11.9 Å². The molecule has 0 aromatic heterocycles. The molecule has 6 nitrogen and oxygen atoms in total. The van der Waals surface area contributed by atoms with Crippen LogP contribution >= 0.6 is 0 Å². The van der Waals surface area contributed by atoms with Crippen molar-refractivity contribution >= 4 is 17.8 Å². The van der Waals surface area contributed by atoms with Crippen molar-refractivity contribution in [1.82, 2.24) is 5.32 Å². The highest BCUT2D eigenvalue weighted by atomic mass is 16.5. The number of rotatable bonds is 7. The number of esters is 1. The highest BCUT2D eigenvalue weighted by Gasteiger charge is 2.22. The molecule has 0 saturated heterocycles. The summed E-state index contributed by atoms with van der Waals surface area (Å²) in [5, 5.41) is 11.4. The zero-order valence-corrected chi connectivity index (χ0v) is 10.9. The van der Waals surface area contributed by atoms with Crippen LogP contribution in [0.5, 0.6) is 0 Å². The lowest BCUT2D eigenvalue weighted by atomic mass is 10.0. The van der Waals surface area contributed by atoms with Gasteiger partial charge in [-0.3, -0.25) is 9.59 Å². The molecule has 1 amide bonds. The molecule has 1 aliphatic carbocycles. The fourth-order valence-electron chi connectivity index (χ4n) is 1.98. The van der Waals surface area contributed by atoms with E-state index in [1.54, 1.807) is 0 Å². The van der Waals surface area contributed by atoms with Crippen molar-refractivity contribution < 1.29 is 24.2 Å². The van der Waals surface area contributed by atoms with Crippen molar-refractivity contribution in [2.45, 2.75) is 38.1 Å². The predicted molar refractivity (Wildman–Crippen MR) is 67.3 cm³/mol. The molecule has 0 bridgehead atoms. The Kier molecular flexibility index (Phi) is 6.05. The monoisotopic (exact) mass is 269 g/mol. The number of allylic oxidation sites excluding steroid dienone is 2. The molecule has 1 rings (SSSR count). The summed E-state index contributed by atoms with van der Waals surface area (Å²) in [7, 11) is 1.24. The Hall–Kier alpha value is -1.85. The molecule has 0 fully saturated rings. The fraction of sp³-hybridized carbons (Fsp3) is 0.615. The maximum atomic E-state index is 11.7. The minimum atomic E-state index is -1.14. The lowest BCUT2D eigenvalue weighted by Gasteiger charge is -2.15. The summed E-state index contributed by atoms with van der Waals surface area (Å²) in [6.45, 7) is 0. The maximum absolute atomic E-state index is 11.7. The van der Waals surface area contributed by atoms with E-state index in [2.05, 4.69) is 10.1 Å². The second-order valence-electron chi connectivity index (χ2n) is 4.54. The number of carbonyl (C=O) groups is 3. The van der Waals surface area contributed by atoms with Crippen LogP contribution < -0.4 is 5.32 Å². The SMILES string of the molecule is COC(=O)CC[C@@H](NC(=O)CC1C=CCC1)C(=O)O. The van der Waals surface area contributed by atoms with Crippen LogP contribution in [-0.2, 0) is 19.1 Å². The molecule has 0 aromatic rings. The zero-order valence-electron chi connectivity index (χ0n) is 10.9. The lowest BCUT2D eigenvalue weighted by molar-refractivity contribution is -0.144. The number of amides is 1. The first-order valence-electron chi connectivity index (χ1n) is 6.28. The quantitative estimate of drug-likeness (QED) is 0.528. The summed E-state index contributed by atoms with van der Waals surface area (Å²) < 4.78 is 4.44. The zero-order chi connectivity index (χ0) is 14.3. The van der Waals surface area contributed by atoms with E-state index in [4.69, 9.17) is 5.11 Å². The number of carboxylic acid groups (broad SMARTS) is 1. The van der Waals surface area contributed by atoms with Gasteiger partial charge in [-0.05, 0) is 25.2 Å². The lowest BCUT2D eigenvalue weighted by Crippen LogP contribution is -2.41. The minimum Gasteiger partial charge on any atom is -0.480 e. The van der Waals surface area contributed by atoms with Gasteiger partial charge in [-0.25, -0.2) is 4.79 Å². The van der Waals surface area contributed by atoms with Crippen LogP contribution in [0.15, 0.2) is 12.2 Å². The van der Waals surface area contributed by atoms with Gasteiger partial charge in [0.1, 0.15) is 6.04 Å². The van der Waals surface area contributed by atoms with Gasteiger partial charge in [0.25, 0.3) is 0 Å². The second kappa shape index (κ2) is 7.56. The van der Waals surface area contributed by atoms with Crippen LogP contribution in [0.25, 0.3) is 0 Å². The topological polar surface area (TPSA) is 92.7 Å². The maximum Gasteiger partial charge on any atom is 0.326 e. The third-order valence-electron chi connectivity index (χ3n) is 3.06. The van der Waals surface area contributed by atoms with E-state index in [1.165, 1.54) is 7.11 Å². The average molecular weight is 269 g/mol. The first-order chi connectivity index (χ1) is 9.02. The minimum absolute atomic E-state index is 0.0307. The average Bonchev–Trinajstić information content (AvgIpc) is 2.86. The van der Waals surface area contributed by atoms with E-state index in [0.29, 0.717) is 6.42 Å². The van der Waals surface area contributed by atoms with Crippen LogP contribution in [0.3, 0.4) is 0 Å². The number of ether oxygens (including phenoxy) is 1. The molecule has 0 spiro atoms. The van der Waals surface area contributed by atoms with Crippen LogP contribution in [0.2, 0.25) is 0 Å². The van der Waals surface area contributed by atoms with Crippen molar-refractivity contribution in [3.05, 3.63) is 12.2 Å². The molecule has 19 heavy (non-hydrogen) atoms. The molecule has 2 atom stereocenters. The van der Waals surface area contributed by atoms with Gasteiger partial charge in [0.05, 0.1) is 7.11 Å². The van der Waals surface area contributed by atoms with Crippen molar-refractivity contribution in [2.24, 2.45) is 5.92 Å². The van der Waals surface area contributed by atoms with E-state index in [9.17, 15) is 14.4 Å². The number of aliphatic carboxylic acids is 1. The molecule has 0 aromatic carbocycles. The highest BCUT2D eigenvalue weighted by Crippen LogP contribution is 2.20. The number of carbonyl (C=O) groups excluding carboxylic acids is 2. The summed E-state index contributed by atoms with van der Waals surface area (Å²) in [4.78, 5) is 33.7. The molecular weight excluding hydrogens is 250 g/mol. The van der Waals surface area contributed by atoms with Crippen LogP contribution in [0, 0.1) is 5.92 Å². The summed E-state index contributed by atoms with van der Waals surface area (Å²) in [5.41, 5.74) is 0. The molecule has 106 valence electrons. The number of methoxy groups -OCH3 is 1.